The van der Waals surface area contributed by atoms with Gasteiger partial charge in [0.2, 0.25) is 5.91 Å². The second-order valence-electron chi connectivity index (χ2n) is 8.49. The van der Waals surface area contributed by atoms with Crippen LogP contribution in [0.15, 0.2) is 42.5 Å². The van der Waals surface area contributed by atoms with E-state index in [-0.39, 0.29) is 17.2 Å². The standard InChI is InChI=1S/C23H28ClN3O2/c1-16-5-6-17(15-20(16)24)21(28)25-18-7-9-19(10-8-18)26-11-13-27(14-12-26)22(29)23(2,3)4/h5-10,15H,11-14H2,1-4H3,(H,25,28). The van der Waals surface area contributed by atoms with Crippen LogP contribution in [0.1, 0.15) is 36.7 Å². The highest BCUT2D eigenvalue weighted by Gasteiger charge is 2.29. The van der Waals surface area contributed by atoms with Crippen LogP contribution in [0.5, 0.6) is 0 Å². The number of piperazine rings is 1. The molecule has 1 fully saturated rings. The zero-order chi connectivity index (χ0) is 21.2. The lowest BCUT2D eigenvalue weighted by Crippen LogP contribution is -2.51. The first-order valence-electron chi connectivity index (χ1n) is 9.87. The smallest absolute Gasteiger partial charge is 0.255 e. The summed E-state index contributed by atoms with van der Waals surface area (Å²) in [5.41, 5.74) is 2.95. The summed E-state index contributed by atoms with van der Waals surface area (Å²) in [4.78, 5) is 29.1. The lowest BCUT2D eigenvalue weighted by atomic mass is 9.94. The van der Waals surface area contributed by atoms with Crippen molar-refractivity contribution >= 4 is 34.8 Å². The molecular weight excluding hydrogens is 386 g/mol. The lowest BCUT2D eigenvalue weighted by Gasteiger charge is -2.38. The molecule has 0 radical (unpaired) electrons. The molecule has 2 aromatic carbocycles. The van der Waals surface area contributed by atoms with E-state index in [0.717, 1.165) is 43.1 Å². The number of halogens is 1. The first kappa shape index (κ1) is 21.2. The van der Waals surface area contributed by atoms with Gasteiger partial charge >= 0.3 is 0 Å². The highest BCUT2D eigenvalue weighted by Crippen LogP contribution is 2.23. The van der Waals surface area contributed by atoms with Crippen LogP contribution in [0, 0.1) is 12.3 Å². The average Bonchev–Trinajstić information content (AvgIpc) is 2.69. The van der Waals surface area contributed by atoms with E-state index in [0.29, 0.717) is 10.6 Å². The Morgan fingerprint density at radius 1 is 0.966 bits per heavy atom. The number of rotatable bonds is 3. The van der Waals surface area contributed by atoms with Gasteiger partial charge in [-0.3, -0.25) is 9.59 Å². The Labute approximate surface area is 177 Å². The van der Waals surface area contributed by atoms with Gasteiger partial charge in [0.1, 0.15) is 0 Å². The number of nitrogens with one attached hydrogen (secondary N) is 1. The van der Waals surface area contributed by atoms with Crippen molar-refractivity contribution in [2.75, 3.05) is 36.4 Å². The molecule has 2 amide bonds. The number of anilines is 2. The molecular formula is C23H28ClN3O2. The number of amides is 2. The van der Waals surface area contributed by atoms with Crippen molar-refractivity contribution in [3.63, 3.8) is 0 Å². The molecule has 1 aliphatic rings. The lowest BCUT2D eigenvalue weighted by molar-refractivity contribution is -0.139. The molecule has 0 atom stereocenters. The Morgan fingerprint density at radius 2 is 1.59 bits per heavy atom. The van der Waals surface area contributed by atoms with Crippen LogP contribution < -0.4 is 10.2 Å². The summed E-state index contributed by atoms with van der Waals surface area (Å²) < 4.78 is 0. The summed E-state index contributed by atoms with van der Waals surface area (Å²) in [5.74, 6) is 0.0142. The van der Waals surface area contributed by atoms with Crippen molar-refractivity contribution in [3.8, 4) is 0 Å². The summed E-state index contributed by atoms with van der Waals surface area (Å²) in [6.45, 7) is 10.8. The molecule has 154 valence electrons. The predicted molar refractivity (Wildman–Crippen MR) is 119 cm³/mol. The fourth-order valence-electron chi connectivity index (χ4n) is 3.34. The summed E-state index contributed by atoms with van der Waals surface area (Å²) in [6, 6.07) is 13.1. The minimum atomic E-state index is -0.344. The van der Waals surface area contributed by atoms with E-state index in [1.54, 1.807) is 12.1 Å². The van der Waals surface area contributed by atoms with Crippen molar-refractivity contribution in [1.82, 2.24) is 4.90 Å². The molecule has 0 bridgehead atoms. The van der Waals surface area contributed by atoms with Gasteiger partial charge in [0.25, 0.3) is 5.91 Å². The minimum absolute atomic E-state index is 0.186. The highest BCUT2D eigenvalue weighted by atomic mass is 35.5. The molecule has 5 nitrogen and oxygen atoms in total. The predicted octanol–water partition coefficient (Wildman–Crippen LogP) is 4.60. The van der Waals surface area contributed by atoms with Crippen molar-refractivity contribution in [1.29, 1.82) is 0 Å². The Morgan fingerprint density at radius 3 is 2.14 bits per heavy atom. The number of aryl methyl sites for hydroxylation is 1. The number of hydrogen-bond donors (Lipinski definition) is 1. The van der Waals surface area contributed by atoms with Gasteiger partial charge in [-0.2, -0.15) is 0 Å². The van der Waals surface area contributed by atoms with E-state index in [4.69, 9.17) is 11.6 Å². The topological polar surface area (TPSA) is 52.7 Å². The highest BCUT2D eigenvalue weighted by molar-refractivity contribution is 6.31. The van der Waals surface area contributed by atoms with Crippen molar-refractivity contribution in [2.45, 2.75) is 27.7 Å². The second kappa shape index (κ2) is 8.46. The van der Waals surface area contributed by atoms with Gasteiger partial charge in [-0.05, 0) is 48.9 Å². The number of carbonyl (C=O) groups excluding carboxylic acids is 2. The molecule has 1 saturated heterocycles. The molecule has 1 heterocycles. The fraction of sp³-hybridized carbons (Fsp3) is 0.391. The Balaban J connectivity index is 1.59. The summed E-state index contributed by atoms with van der Waals surface area (Å²) in [7, 11) is 0. The van der Waals surface area contributed by atoms with Crippen LogP contribution >= 0.6 is 11.6 Å². The molecule has 1 N–H and O–H groups in total. The quantitative estimate of drug-likeness (QED) is 0.800. The molecule has 29 heavy (non-hydrogen) atoms. The first-order chi connectivity index (χ1) is 13.6. The van der Waals surface area contributed by atoms with Gasteiger partial charge in [0.05, 0.1) is 0 Å². The van der Waals surface area contributed by atoms with Crippen molar-refractivity contribution in [3.05, 3.63) is 58.6 Å². The van der Waals surface area contributed by atoms with E-state index < -0.39 is 0 Å². The molecule has 2 aromatic rings. The van der Waals surface area contributed by atoms with Crippen LogP contribution in [-0.4, -0.2) is 42.9 Å². The van der Waals surface area contributed by atoms with Crippen LogP contribution in [0.4, 0.5) is 11.4 Å². The van der Waals surface area contributed by atoms with E-state index >= 15 is 0 Å². The van der Waals surface area contributed by atoms with Gasteiger partial charge in [0, 0.05) is 53.6 Å². The van der Waals surface area contributed by atoms with Crippen LogP contribution in [0.3, 0.4) is 0 Å². The second-order valence-corrected chi connectivity index (χ2v) is 8.90. The Hall–Kier alpha value is -2.53. The molecule has 0 unspecified atom stereocenters. The molecule has 0 aromatic heterocycles. The molecule has 0 saturated carbocycles. The zero-order valence-corrected chi connectivity index (χ0v) is 18.2. The summed E-state index contributed by atoms with van der Waals surface area (Å²) >= 11 is 6.11. The van der Waals surface area contributed by atoms with Gasteiger partial charge in [-0.1, -0.05) is 38.4 Å². The molecule has 6 heteroatoms. The molecule has 1 aliphatic heterocycles. The minimum Gasteiger partial charge on any atom is -0.368 e. The van der Waals surface area contributed by atoms with Crippen molar-refractivity contribution < 1.29 is 9.59 Å². The number of nitrogens with zero attached hydrogens (tertiary/aromatic N) is 2. The third kappa shape index (κ3) is 5.10. The number of carbonyl (C=O) groups is 2. The van der Waals surface area contributed by atoms with Crippen LogP contribution in [0.2, 0.25) is 5.02 Å². The molecule has 0 aliphatic carbocycles. The third-order valence-electron chi connectivity index (χ3n) is 5.13. The van der Waals surface area contributed by atoms with Gasteiger partial charge in [-0.25, -0.2) is 0 Å². The summed E-state index contributed by atoms with van der Waals surface area (Å²) in [6.07, 6.45) is 0. The van der Waals surface area contributed by atoms with E-state index in [1.807, 2.05) is 62.9 Å². The van der Waals surface area contributed by atoms with E-state index in [1.165, 1.54) is 0 Å². The van der Waals surface area contributed by atoms with Gasteiger partial charge in [-0.15, -0.1) is 0 Å². The Kier molecular flexibility index (Phi) is 6.18. The molecule has 3 rings (SSSR count). The maximum absolute atomic E-state index is 12.4. The summed E-state index contributed by atoms with van der Waals surface area (Å²) in [5, 5.41) is 3.49. The largest absolute Gasteiger partial charge is 0.368 e. The number of benzene rings is 2. The SMILES string of the molecule is Cc1ccc(C(=O)Nc2ccc(N3CCN(C(=O)C(C)(C)C)CC3)cc2)cc1Cl. The van der Waals surface area contributed by atoms with Crippen LogP contribution in [0.25, 0.3) is 0 Å². The zero-order valence-electron chi connectivity index (χ0n) is 17.5. The Bertz CT molecular complexity index is 895. The maximum Gasteiger partial charge on any atom is 0.255 e. The third-order valence-corrected chi connectivity index (χ3v) is 5.54. The first-order valence-corrected chi connectivity index (χ1v) is 10.2. The molecule has 0 spiro atoms. The normalized spacial score (nSPS) is 14.7. The fourth-order valence-corrected chi connectivity index (χ4v) is 3.52. The maximum atomic E-state index is 12.4. The number of hydrogen-bond acceptors (Lipinski definition) is 3. The average molecular weight is 414 g/mol. The monoisotopic (exact) mass is 413 g/mol. The van der Waals surface area contributed by atoms with Gasteiger partial charge < -0.3 is 15.1 Å². The van der Waals surface area contributed by atoms with Crippen molar-refractivity contribution in [2.24, 2.45) is 5.41 Å². The van der Waals surface area contributed by atoms with Crippen LogP contribution in [-0.2, 0) is 4.79 Å². The van der Waals surface area contributed by atoms with E-state index in [9.17, 15) is 9.59 Å². The van der Waals surface area contributed by atoms with E-state index in [2.05, 4.69) is 10.2 Å². The van der Waals surface area contributed by atoms with Gasteiger partial charge in [0.15, 0.2) is 0 Å².